The molecule has 1 aliphatic rings. The molecule has 2 atom stereocenters. The number of hydrogen-bond acceptors (Lipinski definition) is 11. The van der Waals surface area contributed by atoms with E-state index in [9.17, 15) is 33.4 Å². The quantitative estimate of drug-likeness (QED) is 0.0339. The van der Waals surface area contributed by atoms with Crippen molar-refractivity contribution < 1.29 is 61.3 Å². The SMILES string of the molecule is CCCCCCCCCCCCCCCC(=O)OCC(COP(=O)(O)OCC[N+](C)(C)C)OC(=O)CCCC(=O)ON1C(=O)CCC1=O. The second kappa shape index (κ2) is 24.7. The standard InChI is InChI=1S/C33H59N2O12P/c1-5-6-7-8-9-10-11-12-13-14-15-16-17-19-31(38)43-26-28(27-45-48(41,42)44-25-24-35(2,3)4)46-32(39)20-18-21-33(40)47-34-29(36)22-23-30(34)37/h28H,5-27H2,1-4H3/p+1. The number of imide groups is 1. The Bertz CT molecular complexity index is 1020. The topological polar surface area (TPSA) is 172 Å². The van der Waals surface area contributed by atoms with Gasteiger partial charge < -0.3 is 23.7 Å². The number of likely N-dealkylation sites (N-methyl/N-ethyl adjacent to an activating group) is 1. The van der Waals surface area contributed by atoms with Gasteiger partial charge in [0.2, 0.25) is 0 Å². The van der Waals surface area contributed by atoms with Crippen LogP contribution in [-0.4, -0.2) is 97.8 Å². The first-order valence-electron chi connectivity index (χ1n) is 17.6. The third-order valence-electron chi connectivity index (χ3n) is 7.61. The molecule has 1 N–H and O–H groups in total. The van der Waals surface area contributed by atoms with Crippen molar-refractivity contribution in [2.75, 3.05) is 47.5 Å². The molecular weight excluding hydrogens is 647 g/mol. The van der Waals surface area contributed by atoms with E-state index in [0.717, 1.165) is 19.3 Å². The molecule has 1 fully saturated rings. The van der Waals surface area contributed by atoms with Gasteiger partial charge in [-0.2, -0.15) is 0 Å². The first kappa shape index (κ1) is 43.6. The molecule has 0 aromatic rings. The van der Waals surface area contributed by atoms with Crippen LogP contribution >= 0.6 is 7.82 Å². The number of quaternary nitrogens is 1. The predicted molar refractivity (Wildman–Crippen MR) is 177 cm³/mol. The third-order valence-corrected chi connectivity index (χ3v) is 8.60. The van der Waals surface area contributed by atoms with Crippen molar-refractivity contribution in [1.29, 1.82) is 0 Å². The van der Waals surface area contributed by atoms with E-state index >= 15 is 0 Å². The number of carbonyl (C=O) groups excluding carboxylic acids is 5. The lowest BCUT2D eigenvalue weighted by atomic mass is 10.0. The van der Waals surface area contributed by atoms with E-state index in [1.807, 2.05) is 21.1 Å². The number of hydroxylamine groups is 2. The second-order valence-corrected chi connectivity index (χ2v) is 14.8. The molecule has 0 aromatic carbocycles. The second-order valence-electron chi connectivity index (χ2n) is 13.3. The molecule has 1 rings (SSSR count). The average Bonchev–Trinajstić information content (AvgIpc) is 3.32. The molecule has 2 amide bonds. The van der Waals surface area contributed by atoms with E-state index in [4.69, 9.17) is 23.4 Å². The molecule has 14 nitrogen and oxygen atoms in total. The van der Waals surface area contributed by atoms with Crippen molar-refractivity contribution in [2.24, 2.45) is 0 Å². The Morgan fingerprint density at radius 3 is 1.77 bits per heavy atom. The van der Waals surface area contributed by atoms with Crippen molar-refractivity contribution in [3.8, 4) is 0 Å². The number of phosphoric ester groups is 1. The Hall–Kier alpha value is -2.38. The van der Waals surface area contributed by atoms with E-state index in [1.165, 1.54) is 57.8 Å². The third kappa shape index (κ3) is 23.1. The monoisotopic (exact) mass is 707 g/mol. The number of carbonyl (C=O) groups is 5. The van der Waals surface area contributed by atoms with Crippen LogP contribution in [0.1, 0.15) is 129 Å². The highest BCUT2D eigenvalue weighted by molar-refractivity contribution is 7.47. The maximum atomic E-state index is 12.5. The van der Waals surface area contributed by atoms with Gasteiger partial charge in [-0.05, 0) is 12.8 Å². The van der Waals surface area contributed by atoms with Crippen LogP contribution < -0.4 is 0 Å². The van der Waals surface area contributed by atoms with Gasteiger partial charge in [0.05, 0.1) is 27.7 Å². The summed E-state index contributed by atoms with van der Waals surface area (Å²) in [5.41, 5.74) is 0. The molecule has 0 spiro atoms. The van der Waals surface area contributed by atoms with Crippen molar-refractivity contribution in [2.45, 2.75) is 135 Å². The fourth-order valence-electron chi connectivity index (χ4n) is 4.73. The molecule has 15 heteroatoms. The number of rotatable bonds is 29. The highest BCUT2D eigenvalue weighted by Crippen LogP contribution is 2.43. The van der Waals surface area contributed by atoms with Crippen LogP contribution in [0.2, 0.25) is 0 Å². The number of unbranched alkanes of at least 4 members (excludes halogenated alkanes) is 12. The van der Waals surface area contributed by atoms with Crippen LogP contribution in [0.25, 0.3) is 0 Å². The number of phosphoric acid groups is 1. The number of esters is 2. The number of amides is 2. The number of nitrogens with zero attached hydrogens (tertiary/aromatic N) is 2. The molecule has 0 aromatic heterocycles. The molecule has 0 saturated carbocycles. The van der Waals surface area contributed by atoms with Crippen molar-refractivity contribution in [3.63, 3.8) is 0 Å². The molecule has 278 valence electrons. The van der Waals surface area contributed by atoms with Crippen LogP contribution in [0.5, 0.6) is 0 Å². The Balaban J connectivity index is 2.42. The lowest BCUT2D eigenvalue weighted by Crippen LogP contribution is -2.37. The smallest absolute Gasteiger partial charge is 0.462 e. The minimum Gasteiger partial charge on any atom is -0.462 e. The van der Waals surface area contributed by atoms with Gasteiger partial charge in [0.1, 0.15) is 19.8 Å². The van der Waals surface area contributed by atoms with E-state index in [2.05, 4.69) is 6.92 Å². The Labute approximate surface area is 286 Å². The van der Waals surface area contributed by atoms with Gasteiger partial charge in [-0.15, -0.1) is 5.06 Å². The number of ether oxygens (including phenoxy) is 2. The van der Waals surface area contributed by atoms with Gasteiger partial charge in [-0.3, -0.25) is 28.2 Å². The molecule has 1 aliphatic heterocycles. The first-order chi connectivity index (χ1) is 22.7. The first-order valence-corrected chi connectivity index (χ1v) is 19.1. The highest BCUT2D eigenvalue weighted by atomic mass is 31.2. The van der Waals surface area contributed by atoms with Gasteiger partial charge in [0, 0.05) is 32.1 Å². The average molecular weight is 708 g/mol. The summed E-state index contributed by atoms with van der Waals surface area (Å²) in [6, 6.07) is 0. The minimum absolute atomic E-state index is 0.0209. The van der Waals surface area contributed by atoms with Crippen LogP contribution in [0, 0.1) is 0 Å². The predicted octanol–water partition coefficient (Wildman–Crippen LogP) is 5.54. The van der Waals surface area contributed by atoms with Gasteiger partial charge in [-0.1, -0.05) is 84.0 Å². The summed E-state index contributed by atoms with van der Waals surface area (Å²) in [6.45, 7) is 1.64. The lowest BCUT2D eigenvalue weighted by Gasteiger charge is -2.24. The van der Waals surface area contributed by atoms with Crippen LogP contribution in [-0.2, 0) is 51.9 Å². The largest absolute Gasteiger partial charge is 0.472 e. The summed E-state index contributed by atoms with van der Waals surface area (Å²) in [4.78, 5) is 74.9. The Morgan fingerprint density at radius 1 is 0.729 bits per heavy atom. The zero-order valence-electron chi connectivity index (χ0n) is 29.6. The summed E-state index contributed by atoms with van der Waals surface area (Å²) in [6.07, 6.45) is 13.7. The summed E-state index contributed by atoms with van der Waals surface area (Å²) >= 11 is 0. The summed E-state index contributed by atoms with van der Waals surface area (Å²) in [5.74, 6) is -3.35. The lowest BCUT2D eigenvalue weighted by molar-refractivity contribution is -0.870. The van der Waals surface area contributed by atoms with Crippen LogP contribution in [0.4, 0.5) is 0 Å². The normalized spacial score (nSPS) is 15.3. The molecule has 1 saturated heterocycles. The summed E-state index contributed by atoms with van der Waals surface area (Å²) in [5, 5.41) is 0.427. The highest BCUT2D eigenvalue weighted by Gasteiger charge is 2.33. The van der Waals surface area contributed by atoms with E-state index < -0.39 is 56.9 Å². The summed E-state index contributed by atoms with van der Waals surface area (Å²) in [7, 11) is 1.18. The molecule has 48 heavy (non-hydrogen) atoms. The molecule has 0 radical (unpaired) electrons. The molecule has 1 heterocycles. The minimum atomic E-state index is -4.49. The fourth-order valence-corrected chi connectivity index (χ4v) is 5.47. The molecule has 0 aliphatic carbocycles. The van der Waals surface area contributed by atoms with E-state index in [1.54, 1.807) is 0 Å². The zero-order valence-corrected chi connectivity index (χ0v) is 30.5. The van der Waals surface area contributed by atoms with Crippen molar-refractivity contribution >= 4 is 37.5 Å². The fraction of sp³-hybridized carbons (Fsp3) is 0.848. The Morgan fingerprint density at radius 2 is 1.23 bits per heavy atom. The molecule has 0 bridgehead atoms. The van der Waals surface area contributed by atoms with Crippen LogP contribution in [0.15, 0.2) is 0 Å². The molecular formula is C33H60N2O12P+. The Kier molecular flexibility index (Phi) is 22.5. The maximum Gasteiger partial charge on any atom is 0.472 e. The van der Waals surface area contributed by atoms with E-state index in [0.29, 0.717) is 22.5 Å². The maximum absolute atomic E-state index is 12.5. The van der Waals surface area contributed by atoms with Crippen molar-refractivity contribution in [3.05, 3.63) is 0 Å². The van der Waals surface area contributed by atoms with Gasteiger partial charge >= 0.3 is 25.7 Å². The van der Waals surface area contributed by atoms with E-state index in [-0.39, 0.29) is 45.1 Å². The zero-order chi connectivity index (χ0) is 35.8. The van der Waals surface area contributed by atoms with Gasteiger partial charge in [-0.25, -0.2) is 9.36 Å². The van der Waals surface area contributed by atoms with Gasteiger partial charge in [0.15, 0.2) is 6.10 Å². The number of hydrogen-bond donors (Lipinski definition) is 1. The van der Waals surface area contributed by atoms with Crippen molar-refractivity contribution in [1.82, 2.24) is 5.06 Å². The van der Waals surface area contributed by atoms with Crippen LogP contribution in [0.3, 0.4) is 0 Å². The molecule has 2 unspecified atom stereocenters. The van der Waals surface area contributed by atoms with Gasteiger partial charge in [0.25, 0.3) is 11.8 Å². The summed E-state index contributed by atoms with van der Waals surface area (Å²) < 4.78 is 33.5.